The second-order valence-electron chi connectivity index (χ2n) is 5.92. The highest BCUT2D eigenvalue weighted by molar-refractivity contribution is 7.89. The third-order valence-electron chi connectivity index (χ3n) is 3.96. The van der Waals surface area contributed by atoms with Gasteiger partial charge in [-0.25, -0.2) is 13.4 Å². The SMILES string of the molecule is CN(CC(=O)Nc1ccc(-c2ccccc2)cn1)S(=O)(=O)c1ccccc1. The number of carbonyl (C=O) groups is 1. The molecule has 3 aromatic rings. The lowest BCUT2D eigenvalue weighted by Crippen LogP contribution is -2.35. The Balaban J connectivity index is 1.64. The number of sulfonamides is 1. The monoisotopic (exact) mass is 381 g/mol. The van der Waals surface area contributed by atoms with Crippen molar-refractivity contribution in [2.24, 2.45) is 0 Å². The van der Waals surface area contributed by atoms with Crippen molar-refractivity contribution in [1.82, 2.24) is 9.29 Å². The summed E-state index contributed by atoms with van der Waals surface area (Å²) in [6.45, 7) is -0.306. The van der Waals surface area contributed by atoms with Crippen molar-refractivity contribution in [3.8, 4) is 11.1 Å². The lowest BCUT2D eigenvalue weighted by Gasteiger charge is -2.16. The zero-order valence-corrected chi connectivity index (χ0v) is 15.6. The predicted octanol–water partition coefficient (Wildman–Crippen LogP) is 3.01. The highest BCUT2D eigenvalue weighted by Gasteiger charge is 2.22. The molecule has 138 valence electrons. The van der Waals surface area contributed by atoms with Gasteiger partial charge in [-0.2, -0.15) is 4.31 Å². The van der Waals surface area contributed by atoms with E-state index < -0.39 is 15.9 Å². The predicted molar refractivity (Wildman–Crippen MR) is 105 cm³/mol. The largest absolute Gasteiger partial charge is 0.310 e. The molecule has 27 heavy (non-hydrogen) atoms. The number of nitrogens with zero attached hydrogens (tertiary/aromatic N) is 2. The summed E-state index contributed by atoms with van der Waals surface area (Å²) >= 11 is 0. The van der Waals surface area contributed by atoms with Crippen LogP contribution in [-0.4, -0.2) is 37.2 Å². The minimum Gasteiger partial charge on any atom is -0.310 e. The van der Waals surface area contributed by atoms with E-state index in [1.54, 1.807) is 30.5 Å². The summed E-state index contributed by atoms with van der Waals surface area (Å²) in [5.41, 5.74) is 1.95. The summed E-state index contributed by atoms with van der Waals surface area (Å²) in [5.74, 6) is -0.0952. The third kappa shape index (κ3) is 4.58. The van der Waals surface area contributed by atoms with E-state index in [4.69, 9.17) is 0 Å². The molecule has 1 heterocycles. The van der Waals surface area contributed by atoms with Crippen LogP contribution in [0.2, 0.25) is 0 Å². The van der Waals surface area contributed by atoms with Gasteiger partial charge in [0.15, 0.2) is 0 Å². The van der Waals surface area contributed by atoms with Gasteiger partial charge in [-0.15, -0.1) is 0 Å². The minimum atomic E-state index is -3.72. The van der Waals surface area contributed by atoms with Gasteiger partial charge in [0.1, 0.15) is 5.82 Å². The van der Waals surface area contributed by atoms with E-state index in [9.17, 15) is 13.2 Å². The molecule has 0 aliphatic heterocycles. The van der Waals surface area contributed by atoms with Crippen molar-refractivity contribution in [3.05, 3.63) is 79.0 Å². The van der Waals surface area contributed by atoms with Crippen molar-refractivity contribution in [2.45, 2.75) is 4.90 Å². The average molecular weight is 381 g/mol. The summed E-state index contributed by atoms with van der Waals surface area (Å²) in [5, 5.41) is 2.62. The molecule has 0 bridgehead atoms. The Morgan fingerprint density at radius 1 is 0.926 bits per heavy atom. The van der Waals surface area contributed by atoms with Gasteiger partial charge in [0.05, 0.1) is 11.4 Å². The van der Waals surface area contributed by atoms with Crippen LogP contribution in [0.5, 0.6) is 0 Å². The normalized spacial score (nSPS) is 11.3. The number of amides is 1. The molecular weight excluding hydrogens is 362 g/mol. The van der Waals surface area contributed by atoms with E-state index in [1.165, 1.54) is 19.2 Å². The van der Waals surface area contributed by atoms with Crippen molar-refractivity contribution in [1.29, 1.82) is 0 Å². The molecule has 7 heteroatoms. The van der Waals surface area contributed by atoms with Gasteiger partial charge in [0.2, 0.25) is 15.9 Å². The summed E-state index contributed by atoms with van der Waals surface area (Å²) in [6.07, 6.45) is 1.66. The van der Waals surface area contributed by atoms with Crippen LogP contribution in [0.3, 0.4) is 0 Å². The molecular formula is C20H19N3O3S. The quantitative estimate of drug-likeness (QED) is 0.712. The first-order valence-corrected chi connectivity index (χ1v) is 9.73. The number of likely N-dealkylation sites (N-methyl/N-ethyl adjacent to an activating group) is 1. The maximum absolute atomic E-state index is 12.5. The lowest BCUT2D eigenvalue weighted by molar-refractivity contribution is -0.116. The summed E-state index contributed by atoms with van der Waals surface area (Å²) in [4.78, 5) is 16.6. The number of anilines is 1. The average Bonchev–Trinajstić information content (AvgIpc) is 2.70. The Hall–Kier alpha value is -3.03. The summed E-state index contributed by atoms with van der Waals surface area (Å²) in [6, 6.07) is 21.3. The van der Waals surface area contributed by atoms with Crippen LogP contribution in [-0.2, 0) is 14.8 Å². The molecule has 3 rings (SSSR count). The minimum absolute atomic E-state index is 0.144. The van der Waals surface area contributed by atoms with Crippen molar-refractivity contribution in [3.63, 3.8) is 0 Å². The molecule has 0 aliphatic carbocycles. The van der Waals surface area contributed by atoms with Gasteiger partial charge < -0.3 is 5.32 Å². The number of pyridine rings is 1. The molecule has 0 aliphatic rings. The Bertz CT molecular complexity index is 1010. The number of benzene rings is 2. The van der Waals surface area contributed by atoms with E-state index in [-0.39, 0.29) is 11.4 Å². The van der Waals surface area contributed by atoms with Gasteiger partial charge in [-0.1, -0.05) is 48.5 Å². The number of aromatic nitrogens is 1. The molecule has 0 saturated heterocycles. The van der Waals surface area contributed by atoms with E-state index in [0.717, 1.165) is 15.4 Å². The van der Waals surface area contributed by atoms with Gasteiger partial charge in [0.25, 0.3) is 0 Å². The van der Waals surface area contributed by atoms with E-state index in [2.05, 4.69) is 10.3 Å². The van der Waals surface area contributed by atoms with E-state index >= 15 is 0 Å². The van der Waals surface area contributed by atoms with E-state index in [1.807, 2.05) is 36.4 Å². The van der Waals surface area contributed by atoms with Gasteiger partial charge in [-0.05, 0) is 29.8 Å². The number of hydrogen-bond acceptors (Lipinski definition) is 4. The van der Waals surface area contributed by atoms with Gasteiger partial charge >= 0.3 is 0 Å². The summed E-state index contributed by atoms with van der Waals surface area (Å²) in [7, 11) is -2.35. The van der Waals surface area contributed by atoms with Crippen LogP contribution in [0.25, 0.3) is 11.1 Å². The van der Waals surface area contributed by atoms with Crippen LogP contribution >= 0.6 is 0 Å². The highest BCUT2D eigenvalue weighted by atomic mass is 32.2. The topological polar surface area (TPSA) is 79.4 Å². The van der Waals surface area contributed by atoms with Gasteiger partial charge in [-0.3, -0.25) is 4.79 Å². The molecule has 0 radical (unpaired) electrons. The second kappa shape index (κ2) is 8.11. The zero-order valence-electron chi connectivity index (χ0n) is 14.7. The molecule has 0 unspecified atom stereocenters. The Morgan fingerprint density at radius 2 is 1.56 bits per heavy atom. The van der Waals surface area contributed by atoms with Crippen molar-refractivity contribution < 1.29 is 13.2 Å². The molecule has 1 aromatic heterocycles. The fourth-order valence-corrected chi connectivity index (χ4v) is 3.66. The highest BCUT2D eigenvalue weighted by Crippen LogP contribution is 2.19. The fraction of sp³-hybridized carbons (Fsp3) is 0.100. The van der Waals surface area contributed by atoms with Crippen LogP contribution < -0.4 is 5.32 Å². The molecule has 1 amide bonds. The molecule has 1 N–H and O–H groups in total. The van der Waals surface area contributed by atoms with Crippen LogP contribution in [0.1, 0.15) is 0 Å². The van der Waals surface area contributed by atoms with Gasteiger partial charge in [0, 0.05) is 18.8 Å². The van der Waals surface area contributed by atoms with Crippen molar-refractivity contribution >= 4 is 21.7 Å². The number of nitrogens with one attached hydrogen (secondary N) is 1. The molecule has 0 atom stereocenters. The molecule has 0 fully saturated rings. The first-order valence-electron chi connectivity index (χ1n) is 8.29. The lowest BCUT2D eigenvalue weighted by atomic mass is 10.1. The number of rotatable bonds is 6. The second-order valence-corrected chi connectivity index (χ2v) is 7.97. The Kier molecular flexibility index (Phi) is 5.63. The molecule has 2 aromatic carbocycles. The van der Waals surface area contributed by atoms with Crippen LogP contribution in [0.4, 0.5) is 5.82 Å². The third-order valence-corrected chi connectivity index (χ3v) is 5.77. The molecule has 6 nitrogen and oxygen atoms in total. The molecule has 0 saturated carbocycles. The maximum atomic E-state index is 12.5. The Morgan fingerprint density at radius 3 is 2.15 bits per heavy atom. The number of carbonyl (C=O) groups excluding carboxylic acids is 1. The smallest absolute Gasteiger partial charge is 0.243 e. The van der Waals surface area contributed by atoms with E-state index in [0.29, 0.717) is 5.82 Å². The zero-order chi connectivity index (χ0) is 19.3. The molecule has 0 spiro atoms. The first-order chi connectivity index (χ1) is 13.0. The fourth-order valence-electron chi connectivity index (χ4n) is 2.51. The maximum Gasteiger partial charge on any atom is 0.243 e. The Labute approximate surface area is 158 Å². The van der Waals surface area contributed by atoms with Crippen molar-refractivity contribution in [2.75, 3.05) is 18.9 Å². The van der Waals surface area contributed by atoms with Crippen LogP contribution in [0, 0.1) is 0 Å². The first kappa shape index (κ1) is 18.8. The standard InChI is InChI=1S/C20H19N3O3S/c1-23(27(25,26)18-10-6-3-7-11-18)15-20(24)22-19-13-12-17(14-21-19)16-8-4-2-5-9-16/h2-14H,15H2,1H3,(H,21,22,24). The van der Waals surface area contributed by atoms with Crippen LogP contribution in [0.15, 0.2) is 83.9 Å². The summed E-state index contributed by atoms with van der Waals surface area (Å²) < 4.78 is 25.9. The number of hydrogen-bond donors (Lipinski definition) is 1.